The number of likely N-dealkylation sites (N-methyl/N-ethyl adjacent to an activating group) is 1. The molecule has 0 spiro atoms. The van der Waals surface area contributed by atoms with Crippen LogP contribution in [0.5, 0.6) is 0 Å². The van der Waals surface area contributed by atoms with Crippen molar-refractivity contribution in [3.63, 3.8) is 0 Å². The number of carboxylic acid groups (broad SMARTS) is 1. The van der Waals surface area contributed by atoms with E-state index in [0.29, 0.717) is 19.3 Å². The molecule has 1 rings (SSSR count). The third-order valence-electron chi connectivity index (χ3n) is 3.03. The number of aliphatic carboxylic acids is 1. The molecule has 1 fully saturated rings. The van der Waals surface area contributed by atoms with Crippen LogP contribution in [0.4, 0.5) is 0 Å². The van der Waals surface area contributed by atoms with E-state index < -0.39 is 23.7 Å². The summed E-state index contributed by atoms with van der Waals surface area (Å²) in [6.45, 7) is -0.280. The Morgan fingerprint density at radius 2 is 1.88 bits per heavy atom. The van der Waals surface area contributed by atoms with Gasteiger partial charge in [0.25, 0.3) is 5.91 Å². The van der Waals surface area contributed by atoms with E-state index in [-0.39, 0.29) is 12.5 Å². The highest BCUT2D eigenvalue weighted by molar-refractivity contribution is 5.88. The first kappa shape index (κ1) is 13.4. The highest BCUT2D eigenvalue weighted by Crippen LogP contribution is 2.33. The smallest absolute Gasteiger partial charge is 0.307 e. The van der Waals surface area contributed by atoms with Gasteiger partial charge in [0.1, 0.15) is 6.54 Å². The molecule has 2 atom stereocenters. The molecule has 0 saturated heterocycles. The maximum absolute atomic E-state index is 11.9. The van der Waals surface area contributed by atoms with Gasteiger partial charge in [0.2, 0.25) is 5.91 Å². The minimum atomic E-state index is -0.971. The molecular formula is C10H16N2O5. The normalized spacial score (nSPS) is 23.2. The molecule has 0 radical (unpaired) electrons. The van der Waals surface area contributed by atoms with Crippen LogP contribution in [0.25, 0.3) is 0 Å². The number of nitrogens with one attached hydrogen (secondary N) is 1. The number of hydrogen-bond donors (Lipinski definition) is 3. The van der Waals surface area contributed by atoms with E-state index in [4.69, 9.17) is 10.3 Å². The lowest BCUT2D eigenvalue weighted by Gasteiger charge is -2.22. The predicted octanol–water partition coefficient (Wildman–Crippen LogP) is -0.549. The van der Waals surface area contributed by atoms with Crippen LogP contribution in [0.3, 0.4) is 0 Å². The molecule has 3 N–H and O–H groups in total. The zero-order chi connectivity index (χ0) is 13.0. The maximum atomic E-state index is 11.9. The molecule has 7 nitrogen and oxygen atoms in total. The van der Waals surface area contributed by atoms with E-state index in [1.807, 2.05) is 0 Å². The van der Waals surface area contributed by atoms with Gasteiger partial charge in [0, 0.05) is 7.05 Å². The number of hydroxylamine groups is 1. The molecular weight excluding hydrogens is 228 g/mol. The molecule has 0 bridgehead atoms. The van der Waals surface area contributed by atoms with E-state index in [9.17, 15) is 14.4 Å². The Bertz CT molecular complexity index is 331. The van der Waals surface area contributed by atoms with E-state index >= 15 is 0 Å². The summed E-state index contributed by atoms with van der Waals surface area (Å²) in [4.78, 5) is 34.9. The summed E-state index contributed by atoms with van der Waals surface area (Å²) in [5.41, 5.74) is 1.43. The topological polar surface area (TPSA) is 107 Å². The Morgan fingerprint density at radius 1 is 1.29 bits per heavy atom. The van der Waals surface area contributed by atoms with Gasteiger partial charge in [-0.2, -0.15) is 0 Å². The number of carbonyl (C=O) groups is 3. The summed E-state index contributed by atoms with van der Waals surface area (Å²) in [5, 5.41) is 17.3. The van der Waals surface area contributed by atoms with Crippen molar-refractivity contribution in [3.05, 3.63) is 0 Å². The Kier molecular flexibility index (Phi) is 4.45. The van der Waals surface area contributed by atoms with E-state index in [2.05, 4.69) is 0 Å². The summed E-state index contributed by atoms with van der Waals surface area (Å²) in [6, 6.07) is 0. The SMILES string of the molecule is CN(CC(=O)NO)C(=O)[C@H]1CCC[C@@H]1C(=O)O. The highest BCUT2D eigenvalue weighted by Gasteiger charge is 2.39. The summed E-state index contributed by atoms with van der Waals surface area (Å²) in [6.07, 6.45) is 1.72. The monoisotopic (exact) mass is 244 g/mol. The first-order valence-electron chi connectivity index (χ1n) is 5.38. The van der Waals surface area contributed by atoms with Crippen molar-refractivity contribution in [3.8, 4) is 0 Å². The van der Waals surface area contributed by atoms with Gasteiger partial charge in [-0.3, -0.25) is 19.6 Å². The van der Waals surface area contributed by atoms with Crippen LogP contribution in [-0.4, -0.2) is 46.6 Å². The molecule has 2 amide bonds. The zero-order valence-corrected chi connectivity index (χ0v) is 9.55. The predicted molar refractivity (Wildman–Crippen MR) is 56.0 cm³/mol. The minimum Gasteiger partial charge on any atom is -0.481 e. The Labute approximate surface area is 98.4 Å². The Hall–Kier alpha value is -1.63. The van der Waals surface area contributed by atoms with Crippen LogP contribution in [0, 0.1) is 11.8 Å². The van der Waals surface area contributed by atoms with Crippen molar-refractivity contribution in [1.82, 2.24) is 10.4 Å². The van der Waals surface area contributed by atoms with Crippen molar-refractivity contribution >= 4 is 17.8 Å². The number of carbonyl (C=O) groups excluding carboxylic acids is 2. The average Bonchev–Trinajstić information content (AvgIpc) is 2.76. The minimum absolute atomic E-state index is 0.280. The lowest BCUT2D eigenvalue weighted by atomic mass is 9.95. The maximum Gasteiger partial charge on any atom is 0.307 e. The molecule has 7 heteroatoms. The average molecular weight is 244 g/mol. The zero-order valence-electron chi connectivity index (χ0n) is 9.55. The highest BCUT2D eigenvalue weighted by atomic mass is 16.5. The van der Waals surface area contributed by atoms with Crippen molar-refractivity contribution in [2.45, 2.75) is 19.3 Å². The molecule has 0 aromatic heterocycles. The van der Waals surface area contributed by atoms with E-state index in [1.54, 1.807) is 0 Å². The quantitative estimate of drug-likeness (QED) is 0.454. The molecule has 0 aromatic rings. The lowest BCUT2D eigenvalue weighted by Crippen LogP contribution is -2.42. The van der Waals surface area contributed by atoms with Crippen LogP contribution in [-0.2, 0) is 14.4 Å². The second kappa shape index (κ2) is 5.62. The summed E-state index contributed by atoms with van der Waals surface area (Å²) in [7, 11) is 1.41. The summed E-state index contributed by atoms with van der Waals surface area (Å²) >= 11 is 0. The van der Waals surface area contributed by atoms with Gasteiger partial charge in [-0.05, 0) is 12.8 Å². The fourth-order valence-corrected chi connectivity index (χ4v) is 2.16. The molecule has 17 heavy (non-hydrogen) atoms. The van der Waals surface area contributed by atoms with Gasteiger partial charge in [0.15, 0.2) is 0 Å². The fraction of sp³-hybridized carbons (Fsp3) is 0.700. The van der Waals surface area contributed by atoms with Crippen molar-refractivity contribution < 1.29 is 24.7 Å². The number of amides is 2. The third-order valence-corrected chi connectivity index (χ3v) is 3.03. The van der Waals surface area contributed by atoms with Crippen molar-refractivity contribution in [1.29, 1.82) is 0 Å². The number of hydrogen-bond acceptors (Lipinski definition) is 4. The van der Waals surface area contributed by atoms with Gasteiger partial charge in [-0.15, -0.1) is 0 Å². The number of nitrogens with zero attached hydrogens (tertiary/aromatic N) is 1. The van der Waals surface area contributed by atoms with Gasteiger partial charge in [-0.25, -0.2) is 5.48 Å². The van der Waals surface area contributed by atoms with Crippen LogP contribution < -0.4 is 5.48 Å². The molecule has 1 aliphatic carbocycles. The first-order valence-corrected chi connectivity index (χ1v) is 5.38. The van der Waals surface area contributed by atoms with Gasteiger partial charge >= 0.3 is 5.97 Å². The first-order chi connectivity index (χ1) is 7.97. The van der Waals surface area contributed by atoms with Crippen LogP contribution >= 0.6 is 0 Å². The molecule has 0 unspecified atom stereocenters. The van der Waals surface area contributed by atoms with E-state index in [1.165, 1.54) is 12.5 Å². The fourth-order valence-electron chi connectivity index (χ4n) is 2.16. The second-order valence-electron chi connectivity index (χ2n) is 4.21. The van der Waals surface area contributed by atoms with E-state index in [0.717, 1.165) is 4.90 Å². The van der Waals surface area contributed by atoms with Crippen LogP contribution in [0.1, 0.15) is 19.3 Å². The van der Waals surface area contributed by atoms with Crippen molar-refractivity contribution in [2.75, 3.05) is 13.6 Å². The summed E-state index contributed by atoms with van der Waals surface area (Å²) < 4.78 is 0. The van der Waals surface area contributed by atoms with Crippen molar-refractivity contribution in [2.24, 2.45) is 11.8 Å². The van der Waals surface area contributed by atoms with Crippen LogP contribution in [0.15, 0.2) is 0 Å². The molecule has 0 heterocycles. The largest absolute Gasteiger partial charge is 0.481 e. The number of carboxylic acids is 1. The van der Waals surface area contributed by atoms with Gasteiger partial charge in [-0.1, -0.05) is 6.42 Å². The van der Waals surface area contributed by atoms with Crippen LogP contribution in [0.2, 0.25) is 0 Å². The van der Waals surface area contributed by atoms with Gasteiger partial charge in [0.05, 0.1) is 11.8 Å². The molecule has 1 saturated carbocycles. The summed E-state index contributed by atoms with van der Waals surface area (Å²) in [5.74, 6) is -3.27. The second-order valence-corrected chi connectivity index (χ2v) is 4.21. The number of rotatable bonds is 4. The Morgan fingerprint density at radius 3 is 2.41 bits per heavy atom. The standard InChI is InChI=1S/C10H16N2O5/c1-12(5-8(13)11-17)9(14)6-3-2-4-7(6)10(15)16/h6-7,17H,2-5H2,1H3,(H,11,13)(H,15,16)/t6-,7-/m0/s1. The molecule has 0 aliphatic heterocycles. The molecule has 96 valence electrons. The Balaban J connectivity index is 2.62. The lowest BCUT2D eigenvalue weighted by molar-refractivity contribution is -0.149. The van der Waals surface area contributed by atoms with Gasteiger partial charge < -0.3 is 10.0 Å². The molecule has 0 aromatic carbocycles. The molecule has 1 aliphatic rings. The third kappa shape index (κ3) is 3.16.